The normalized spacial score (nSPS) is 23.2. The van der Waals surface area contributed by atoms with Gasteiger partial charge in [0.15, 0.2) is 0 Å². The van der Waals surface area contributed by atoms with Crippen molar-refractivity contribution in [1.82, 2.24) is 0 Å². The Labute approximate surface area is 382 Å². The van der Waals surface area contributed by atoms with Gasteiger partial charge in [0.25, 0.3) is 0 Å². The van der Waals surface area contributed by atoms with Crippen LogP contribution in [0.2, 0.25) is 0 Å². The van der Waals surface area contributed by atoms with E-state index >= 15 is 0 Å². The van der Waals surface area contributed by atoms with Gasteiger partial charge < -0.3 is 4.90 Å². The predicted octanol–water partition coefficient (Wildman–Crippen LogP) is 17.1. The molecule has 64 heavy (non-hydrogen) atoms. The fourth-order valence-electron chi connectivity index (χ4n) is 14.0. The first-order valence-electron chi connectivity index (χ1n) is 24.3. The van der Waals surface area contributed by atoms with Crippen LogP contribution in [-0.4, -0.2) is 0 Å². The average Bonchev–Trinajstić information content (AvgIpc) is 3.70. The quantitative estimate of drug-likeness (QED) is 0.167. The molecule has 7 aromatic rings. The number of rotatable bonds is 5. The fourth-order valence-corrected chi connectivity index (χ4v) is 14.0. The topological polar surface area (TPSA) is 3.24 Å². The van der Waals surface area contributed by atoms with Crippen LogP contribution in [0.25, 0.3) is 44.5 Å². The van der Waals surface area contributed by atoms with Gasteiger partial charge in [0.05, 0.1) is 5.69 Å². The molecule has 0 radical (unpaired) electrons. The van der Waals surface area contributed by atoms with Crippen molar-refractivity contribution in [3.8, 4) is 44.5 Å². The molecule has 4 fully saturated rings. The lowest BCUT2D eigenvalue weighted by Gasteiger charge is -2.61. The molecule has 1 heteroatoms. The number of hydrogen-bond acceptors (Lipinski definition) is 1. The van der Waals surface area contributed by atoms with Crippen LogP contribution >= 0.6 is 0 Å². The van der Waals surface area contributed by atoms with E-state index in [1.54, 1.807) is 11.1 Å². The highest BCUT2D eigenvalue weighted by molar-refractivity contribution is 5.93. The molecule has 1 nitrogen and oxygen atoms in total. The molecule has 6 aliphatic rings. The predicted molar refractivity (Wildman–Crippen MR) is 270 cm³/mol. The molecule has 0 saturated heterocycles. The third-order valence-corrected chi connectivity index (χ3v) is 16.9. The lowest BCUT2D eigenvalue weighted by molar-refractivity contribution is -0.0399. The largest absolute Gasteiger partial charge is 0.310 e. The third kappa shape index (κ3) is 5.88. The number of para-hydroxylation sites is 1. The Balaban J connectivity index is 1.06. The molecule has 0 heterocycles. The molecule has 0 N–H and O–H groups in total. The summed E-state index contributed by atoms with van der Waals surface area (Å²) < 4.78 is 0. The summed E-state index contributed by atoms with van der Waals surface area (Å²) >= 11 is 0. The Morgan fingerprint density at radius 2 is 0.906 bits per heavy atom. The number of fused-ring (bicyclic) bond motifs is 6. The zero-order chi connectivity index (χ0) is 43.9. The summed E-state index contributed by atoms with van der Waals surface area (Å²) in [6.45, 7) is 18.8. The Kier molecular flexibility index (Phi) is 8.68. The smallest absolute Gasteiger partial charge is 0.0540 e. The SMILES string of the molecule is CC(C)(C)c1cc(-c2cccc(-c3ccccc3N(c3ccc4c(c3)C(C)(C)c3ccccc3-4)c3ccc4c(c3)C3(c5ccccc5-4)C4CC5CC(C4)CC3C5)c2)cc(C(C)(C)C)c1. The summed E-state index contributed by atoms with van der Waals surface area (Å²) in [5.41, 5.74) is 23.2. The van der Waals surface area contributed by atoms with Crippen LogP contribution in [0.1, 0.15) is 121 Å². The Morgan fingerprint density at radius 1 is 0.406 bits per heavy atom. The summed E-state index contributed by atoms with van der Waals surface area (Å²) in [5.74, 6) is 3.22. The molecule has 4 saturated carbocycles. The van der Waals surface area contributed by atoms with E-state index in [1.165, 1.54) is 116 Å². The molecule has 0 atom stereocenters. The highest BCUT2D eigenvalue weighted by Gasteiger charge is 2.61. The van der Waals surface area contributed by atoms with Gasteiger partial charge in [-0.3, -0.25) is 0 Å². The molecule has 4 bridgehead atoms. The zero-order valence-corrected chi connectivity index (χ0v) is 39.2. The zero-order valence-electron chi connectivity index (χ0n) is 39.2. The molecule has 6 aliphatic carbocycles. The minimum Gasteiger partial charge on any atom is -0.310 e. The average molecular weight is 834 g/mol. The maximum atomic E-state index is 2.67. The number of anilines is 3. The van der Waals surface area contributed by atoms with Gasteiger partial charge in [0.2, 0.25) is 0 Å². The van der Waals surface area contributed by atoms with Crippen molar-refractivity contribution in [3.05, 3.63) is 185 Å². The molecule has 0 unspecified atom stereocenters. The van der Waals surface area contributed by atoms with Crippen LogP contribution in [0.3, 0.4) is 0 Å². The van der Waals surface area contributed by atoms with Crippen LogP contribution in [-0.2, 0) is 21.7 Å². The van der Waals surface area contributed by atoms with Gasteiger partial charge in [-0.25, -0.2) is 0 Å². The Morgan fingerprint density at radius 3 is 1.53 bits per heavy atom. The minimum absolute atomic E-state index is 0.0407. The van der Waals surface area contributed by atoms with Gasteiger partial charge in [-0.1, -0.05) is 171 Å². The van der Waals surface area contributed by atoms with Crippen molar-refractivity contribution in [3.63, 3.8) is 0 Å². The molecular weight excluding hydrogens is 771 g/mol. The van der Waals surface area contributed by atoms with Gasteiger partial charge in [0.1, 0.15) is 0 Å². The highest BCUT2D eigenvalue weighted by Crippen LogP contribution is 2.69. The van der Waals surface area contributed by atoms with Gasteiger partial charge in [-0.05, 0) is 175 Å². The number of benzene rings is 7. The van der Waals surface area contributed by atoms with Crippen molar-refractivity contribution < 1.29 is 0 Å². The van der Waals surface area contributed by atoms with Crippen molar-refractivity contribution >= 4 is 17.1 Å². The molecule has 0 aliphatic heterocycles. The first kappa shape index (κ1) is 39.9. The summed E-state index contributed by atoms with van der Waals surface area (Å²) in [6, 6.07) is 59.3. The summed E-state index contributed by atoms with van der Waals surface area (Å²) in [6.07, 6.45) is 6.98. The van der Waals surface area contributed by atoms with Gasteiger partial charge in [-0.15, -0.1) is 0 Å². The van der Waals surface area contributed by atoms with E-state index in [0.717, 1.165) is 11.8 Å². The second kappa shape index (κ2) is 13.9. The number of hydrogen-bond donors (Lipinski definition) is 0. The van der Waals surface area contributed by atoms with E-state index in [4.69, 9.17) is 0 Å². The second-order valence-corrected chi connectivity index (χ2v) is 23.1. The van der Waals surface area contributed by atoms with E-state index in [0.29, 0.717) is 11.8 Å². The van der Waals surface area contributed by atoms with E-state index in [9.17, 15) is 0 Å². The van der Waals surface area contributed by atoms with E-state index in [-0.39, 0.29) is 21.7 Å². The minimum atomic E-state index is -0.112. The van der Waals surface area contributed by atoms with E-state index in [1.807, 2.05) is 0 Å². The first-order valence-corrected chi connectivity index (χ1v) is 24.3. The van der Waals surface area contributed by atoms with Crippen molar-refractivity contribution in [2.45, 2.75) is 109 Å². The third-order valence-electron chi connectivity index (χ3n) is 16.9. The monoisotopic (exact) mass is 833 g/mol. The lowest BCUT2D eigenvalue weighted by atomic mass is 9.43. The van der Waals surface area contributed by atoms with E-state index in [2.05, 4.69) is 212 Å². The summed E-state index contributed by atoms with van der Waals surface area (Å²) in [7, 11) is 0. The number of nitrogens with zero attached hydrogens (tertiary/aromatic N) is 1. The molecular formula is C63H63N. The highest BCUT2D eigenvalue weighted by atomic mass is 15.1. The van der Waals surface area contributed by atoms with Crippen LogP contribution in [0.4, 0.5) is 17.1 Å². The lowest BCUT2D eigenvalue weighted by Crippen LogP contribution is -2.55. The van der Waals surface area contributed by atoms with Crippen LogP contribution in [0, 0.1) is 23.7 Å². The van der Waals surface area contributed by atoms with Gasteiger partial charge >= 0.3 is 0 Å². The van der Waals surface area contributed by atoms with Crippen LogP contribution in [0.5, 0.6) is 0 Å². The van der Waals surface area contributed by atoms with Gasteiger partial charge in [-0.2, -0.15) is 0 Å². The molecule has 13 rings (SSSR count). The maximum Gasteiger partial charge on any atom is 0.0540 e. The van der Waals surface area contributed by atoms with Crippen molar-refractivity contribution in [2.24, 2.45) is 23.7 Å². The standard InChI is InChI=1S/C63H63N/c1-60(2,3)44-34-43(35-45(36-44)61(4,5)6)41-16-15-17-42(33-41)50-18-11-14-23-59(50)64(48-24-26-53-51-19-9-12-21-55(51)62(7,8)57(53)37-48)49-25-27-54-52-20-10-13-22-56(52)63(58(54)38-49)46-29-39-28-40(31-46)32-47(63)30-39/h9-27,33-40,46-47H,28-32H2,1-8H3. The fraction of sp³-hybridized carbons (Fsp3) is 0.333. The molecule has 7 aromatic carbocycles. The summed E-state index contributed by atoms with van der Waals surface area (Å²) in [5, 5.41) is 0. The second-order valence-electron chi connectivity index (χ2n) is 23.1. The Hall–Kier alpha value is -5.66. The van der Waals surface area contributed by atoms with Gasteiger partial charge in [0, 0.05) is 27.8 Å². The maximum absolute atomic E-state index is 2.67. The first-order chi connectivity index (χ1) is 30.7. The molecule has 0 aromatic heterocycles. The van der Waals surface area contributed by atoms with Crippen molar-refractivity contribution in [2.75, 3.05) is 4.90 Å². The molecule has 320 valence electrons. The summed E-state index contributed by atoms with van der Waals surface area (Å²) in [4.78, 5) is 2.62. The van der Waals surface area contributed by atoms with Crippen LogP contribution < -0.4 is 4.90 Å². The van der Waals surface area contributed by atoms with E-state index < -0.39 is 0 Å². The molecule has 0 amide bonds. The Bertz CT molecular complexity index is 2960. The van der Waals surface area contributed by atoms with Crippen molar-refractivity contribution in [1.29, 1.82) is 0 Å². The molecule has 1 spiro atoms. The van der Waals surface area contributed by atoms with Crippen LogP contribution in [0.15, 0.2) is 152 Å².